The van der Waals surface area contributed by atoms with Gasteiger partial charge in [-0.1, -0.05) is 61.4 Å². The number of hydrogen-bond donors (Lipinski definition) is 2. The monoisotopic (exact) mass is 462 g/mol. The van der Waals surface area contributed by atoms with Crippen LogP contribution in [0.3, 0.4) is 0 Å². The van der Waals surface area contributed by atoms with Crippen molar-refractivity contribution in [3.05, 3.63) is 59.7 Å². The molecule has 3 aliphatic rings. The summed E-state index contributed by atoms with van der Waals surface area (Å²) in [5.74, 6) is -1.25. The molecule has 0 bridgehead atoms. The lowest BCUT2D eigenvalue weighted by molar-refractivity contribution is -0.146. The average molecular weight is 463 g/mol. The molecule has 2 aromatic carbocycles. The zero-order valence-electron chi connectivity index (χ0n) is 19.1. The third kappa shape index (κ3) is 4.65. The number of carboxylic acid groups (broad SMARTS) is 1. The Morgan fingerprint density at radius 1 is 1.00 bits per heavy atom. The van der Waals surface area contributed by atoms with Gasteiger partial charge in [-0.2, -0.15) is 0 Å². The van der Waals surface area contributed by atoms with Crippen LogP contribution in [0.4, 0.5) is 4.79 Å². The summed E-state index contributed by atoms with van der Waals surface area (Å²) in [6.07, 6.45) is 3.29. The predicted octanol–water partition coefficient (Wildman–Crippen LogP) is 4.02. The van der Waals surface area contributed by atoms with Crippen LogP contribution in [0.5, 0.6) is 0 Å². The number of amides is 2. The van der Waals surface area contributed by atoms with Crippen LogP contribution in [0.2, 0.25) is 0 Å². The van der Waals surface area contributed by atoms with Crippen molar-refractivity contribution in [2.24, 2.45) is 11.8 Å². The van der Waals surface area contributed by atoms with Crippen LogP contribution in [0.15, 0.2) is 48.5 Å². The summed E-state index contributed by atoms with van der Waals surface area (Å²) < 4.78 is 5.65. The molecule has 7 heteroatoms. The van der Waals surface area contributed by atoms with Crippen LogP contribution < -0.4 is 5.32 Å². The van der Waals surface area contributed by atoms with E-state index in [0.29, 0.717) is 31.7 Å². The van der Waals surface area contributed by atoms with Gasteiger partial charge in [0.25, 0.3) is 0 Å². The molecule has 1 heterocycles. The van der Waals surface area contributed by atoms with Crippen LogP contribution in [0, 0.1) is 11.8 Å². The third-order valence-electron chi connectivity index (χ3n) is 7.28. The Balaban J connectivity index is 1.24. The standard InChI is InChI=1S/C27H30N2O5/c30-25(29-13-5-6-18(15-29)26(31)32)24(14-17-11-12-17)28-27(33)34-16-23-21-9-3-1-7-19(21)20-8-2-4-10-22(20)23/h1-4,7-10,17-18,23-24H,5-6,11-16H2,(H,28,33)(H,31,32)/t18?,24-/m0/s1. The normalized spacial score (nSPS) is 20.2. The lowest BCUT2D eigenvalue weighted by Crippen LogP contribution is -2.52. The Hall–Kier alpha value is -3.35. The number of nitrogens with one attached hydrogen (secondary N) is 1. The number of aliphatic carboxylic acids is 1. The molecule has 2 atom stereocenters. The second-order valence-corrected chi connectivity index (χ2v) is 9.66. The number of rotatable bonds is 7. The molecule has 7 nitrogen and oxygen atoms in total. The summed E-state index contributed by atoms with van der Waals surface area (Å²) >= 11 is 0. The Morgan fingerprint density at radius 3 is 2.26 bits per heavy atom. The number of piperidine rings is 1. The molecular weight excluding hydrogens is 432 g/mol. The Kier molecular flexibility index (Phi) is 6.26. The van der Waals surface area contributed by atoms with E-state index in [1.165, 1.54) is 0 Å². The van der Waals surface area contributed by atoms with Crippen LogP contribution in [0.1, 0.15) is 49.1 Å². The number of nitrogens with zero attached hydrogens (tertiary/aromatic N) is 1. The Morgan fingerprint density at radius 2 is 1.65 bits per heavy atom. The van der Waals surface area contributed by atoms with Crippen molar-refractivity contribution in [2.75, 3.05) is 19.7 Å². The van der Waals surface area contributed by atoms with Crippen molar-refractivity contribution in [3.63, 3.8) is 0 Å². The van der Waals surface area contributed by atoms with Crippen LogP contribution in [0.25, 0.3) is 11.1 Å². The fraction of sp³-hybridized carbons (Fsp3) is 0.444. The minimum absolute atomic E-state index is 0.0471. The van der Waals surface area contributed by atoms with E-state index >= 15 is 0 Å². The van der Waals surface area contributed by atoms with Gasteiger partial charge in [0.1, 0.15) is 12.6 Å². The Labute approximate surface area is 199 Å². The maximum atomic E-state index is 13.2. The third-order valence-corrected chi connectivity index (χ3v) is 7.28. The number of benzene rings is 2. The molecule has 1 unspecified atom stereocenters. The molecule has 34 heavy (non-hydrogen) atoms. The first-order valence-electron chi connectivity index (χ1n) is 12.1. The molecule has 2 aliphatic carbocycles. The molecule has 1 saturated heterocycles. The summed E-state index contributed by atoms with van der Waals surface area (Å²) in [5, 5.41) is 12.2. The van der Waals surface area contributed by atoms with Gasteiger partial charge in [-0.05, 0) is 47.4 Å². The smallest absolute Gasteiger partial charge is 0.407 e. The predicted molar refractivity (Wildman–Crippen MR) is 126 cm³/mol. The fourth-order valence-electron chi connectivity index (χ4n) is 5.29. The summed E-state index contributed by atoms with van der Waals surface area (Å²) in [6, 6.07) is 15.6. The molecule has 1 aliphatic heterocycles. The molecular formula is C27H30N2O5. The van der Waals surface area contributed by atoms with Crippen molar-refractivity contribution in [2.45, 2.75) is 44.1 Å². The zero-order chi connectivity index (χ0) is 23.7. The number of alkyl carbamates (subject to hydrolysis) is 1. The van der Waals surface area contributed by atoms with E-state index in [4.69, 9.17) is 4.74 Å². The fourth-order valence-corrected chi connectivity index (χ4v) is 5.29. The summed E-state index contributed by atoms with van der Waals surface area (Å²) in [6.45, 7) is 0.910. The van der Waals surface area contributed by atoms with Crippen molar-refractivity contribution in [1.82, 2.24) is 10.2 Å². The van der Waals surface area contributed by atoms with Crippen molar-refractivity contribution >= 4 is 18.0 Å². The van der Waals surface area contributed by atoms with Gasteiger partial charge in [-0.25, -0.2) is 4.79 Å². The molecule has 2 fully saturated rings. The quantitative estimate of drug-likeness (QED) is 0.648. The first kappa shape index (κ1) is 22.4. The second-order valence-electron chi connectivity index (χ2n) is 9.66. The van der Waals surface area contributed by atoms with Crippen molar-refractivity contribution in [3.8, 4) is 11.1 Å². The highest BCUT2D eigenvalue weighted by Crippen LogP contribution is 2.44. The van der Waals surface area contributed by atoms with Gasteiger partial charge in [0.2, 0.25) is 5.91 Å². The van der Waals surface area contributed by atoms with E-state index < -0.39 is 24.0 Å². The van der Waals surface area contributed by atoms with Crippen molar-refractivity contribution in [1.29, 1.82) is 0 Å². The summed E-state index contributed by atoms with van der Waals surface area (Å²) in [7, 11) is 0. The molecule has 0 radical (unpaired) electrons. The van der Waals surface area contributed by atoms with E-state index in [-0.39, 0.29) is 25.0 Å². The minimum Gasteiger partial charge on any atom is -0.481 e. The van der Waals surface area contributed by atoms with E-state index in [1.807, 2.05) is 24.3 Å². The molecule has 0 spiro atoms. The molecule has 178 valence electrons. The SMILES string of the molecule is O=C(N[C@@H](CC1CC1)C(=O)N1CCCC(C(=O)O)C1)OCC1c2ccccc2-c2ccccc21. The van der Waals surface area contributed by atoms with Gasteiger partial charge < -0.3 is 20.1 Å². The van der Waals surface area contributed by atoms with Crippen molar-refractivity contribution < 1.29 is 24.2 Å². The topological polar surface area (TPSA) is 95.9 Å². The molecule has 2 N–H and O–H groups in total. The number of carboxylic acids is 1. The average Bonchev–Trinajstić information content (AvgIpc) is 3.62. The van der Waals surface area contributed by atoms with Crippen LogP contribution >= 0.6 is 0 Å². The van der Waals surface area contributed by atoms with Gasteiger partial charge >= 0.3 is 12.1 Å². The largest absolute Gasteiger partial charge is 0.481 e. The highest BCUT2D eigenvalue weighted by Gasteiger charge is 2.36. The maximum absolute atomic E-state index is 13.2. The highest BCUT2D eigenvalue weighted by molar-refractivity contribution is 5.86. The van der Waals surface area contributed by atoms with E-state index in [2.05, 4.69) is 29.6 Å². The zero-order valence-corrected chi connectivity index (χ0v) is 19.1. The number of carbonyl (C=O) groups excluding carboxylic acids is 2. The highest BCUT2D eigenvalue weighted by atomic mass is 16.5. The molecule has 5 rings (SSSR count). The maximum Gasteiger partial charge on any atom is 0.407 e. The first-order valence-corrected chi connectivity index (χ1v) is 12.1. The van der Waals surface area contributed by atoms with Gasteiger partial charge in [0, 0.05) is 19.0 Å². The molecule has 0 aromatic heterocycles. The number of hydrogen-bond acceptors (Lipinski definition) is 4. The Bertz CT molecular complexity index is 1050. The van der Waals surface area contributed by atoms with Gasteiger partial charge in [-0.3, -0.25) is 9.59 Å². The molecule has 2 aromatic rings. The first-order chi connectivity index (χ1) is 16.5. The van der Waals surface area contributed by atoms with Crippen LogP contribution in [-0.4, -0.2) is 53.7 Å². The minimum atomic E-state index is -0.874. The lowest BCUT2D eigenvalue weighted by atomic mass is 9.97. The van der Waals surface area contributed by atoms with E-state index in [9.17, 15) is 19.5 Å². The number of ether oxygens (including phenoxy) is 1. The summed E-state index contributed by atoms with van der Waals surface area (Å²) in [4.78, 5) is 39.0. The van der Waals surface area contributed by atoms with Crippen LogP contribution in [-0.2, 0) is 14.3 Å². The summed E-state index contributed by atoms with van der Waals surface area (Å²) in [5.41, 5.74) is 4.59. The lowest BCUT2D eigenvalue weighted by Gasteiger charge is -2.33. The van der Waals surface area contributed by atoms with Gasteiger partial charge in [0.15, 0.2) is 0 Å². The molecule has 2 amide bonds. The van der Waals surface area contributed by atoms with E-state index in [0.717, 1.165) is 35.1 Å². The number of carbonyl (C=O) groups is 3. The van der Waals surface area contributed by atoms with Gasteiger partial charge in [-0.15, -0.1) is 0 Å². The second kappa shape index (κ2) is 9.49. The van der Waals surface area contributed by atoms with Gasteiger partial charge in [0.05, 0.1) is 5.92 Å². The van der Waals surface area contributed by atoms with E-state index in [1.54, 1.807) is 4.90 Å². The number of fused-ring (bicyclic) bond motifs is 3. The molecule has 1 saturated carbocycles. The number of likely N-dealkylation sites (tertiary alicyclic amines) is 1.